The number of nitrogens with zero attached hydrogens (tertiary/aromatic N) is 2. The first-order valence-electron chi connectivity index (χ1n) is 22.5. The highest BCUT2D eigenvalue weighted by atomic mass is 16.3. The van der Waals surface area contributed by atoms with Crippen LogP contribution in [-0.2, 0) is 48.0 Å². The van der Waals surface area contributed by atoms with Crippen LogP contribution in [0.5, 0.6) is 5.75 Å². The van der Waals surface area contributed by atoms with Crippen molar-refractivity contribution in [2.45, 2.75) is 101 Å². The van der Waals surface area contributed by atoms with Gasteiger partial charge in [-0.2, -0.15) is 0 Å². The number of carbonyl (C=O) groups excluding carboxylic acids is 6. The Labute approximate surface area is 382 Å². The summed E-state index contributed by atoms with van der Waals surface area (Å²) in [5, 5.41) is 26.2. The highest BCUT2D eigenvalue weighted by Gasteiger charge is 2.41. The number of nitrogens with one attached hydrogen (secondary N) is 7. The van der Waals surface area contributed by atoms with Crippen molar-refractivity contribution >= 4 is 63.2 Å². The van der Waals surface area contributed by atoms with Gasteiger partial charge in [0.2, 0.25) is 35.4 Å². The lowest BCUT2D eigenvalue weighted by Crippen LogP contribution is -2.62. The first-order valence-corrected chi connectivity index (χ1v) is 22.5. The van der Waals surface area contributed by atoms with E-state index >= 15 is 0 Å². The van der Waals surface area contributed by atoms with Gasteiger partial charge in [-0.1, -0.05) is 62.4 Å². The Morgan fingerprint density at radius 2 is 1.18 bits per heavy atom. The average molecular weight is 902 g/mol. The Morgan fingerprint density at radius 3 is 1.80 bits per heavy atom. The number of aromatic nitrogens is 2. The zero-order valence-electron chi connectivity index (χ0n) is 37.1. The van der Waals surface area contributed by atoms with Crippen LogP contribution < -0.4 is 38.1 Å². The van der Waals surface area contributed by atoms with E-state index in [-0.39, 0.29) is 75.7 Å². The third-order valence-corrected chi connectivity index (χ3v) is 12.2. The summed E-state index contributed by atoms with van der Waals surface area (Å²) >= 11 is 0. The third kappa shape index (κ3) is 11.5. The number of carbonyl (C=O) groups is 6. The van der Waals surface area contributed by atoms with Gasteiger partial charge in [-0.15, -0.1) is 0 Å². The van der Waals surface area contributed by atoms with Gasteiger partial charge in [0.05, 0.1) is 0 Å². The molecule has 2 aliphatic rings. The SMILES string of the molecule is CC(C)C[C@@H]1NC(=O)[C@@H](Cc2c[nH]c3ccccc23)NC(=O)[C@H](Cc2ccc(O)cc2)NC(=O)[C@@H]2CCCN2C(=O)[C@H](Cc2c[nH]c3ccccc23)NC(=O)[C@H](CCCN=C(N)N)NC1=O. The fourth-order valence-corrected chi connectivity index (χ4v) is 8.86. The summed E-state index contributed by atoms with van der Waals surface area (Å²) in [7, 11) is 0. The smallest absolute Gasteiger partial charge is 0.246 e. The van der Waals surface area contributed by atoms with E-state index in [1.807, 2.05) is 62.4 Å². The number of H-pyrrole nitrogens is 2. The van der Waals surface area contributed by atoms with E-state index in [0.29, 0.717) is 12.0 Å². The molecule has 3 aromatic carbocycles. The van der Waals surface area contributed by atoms with Gasteiger partial charge < -0.3 is 58.0 Å². The molecule has 0 spiro atoms. The van der Waals surface area contributed by atoms with Crippen molar-refractivity contribution in [1.29, 1.82) is 0 Å². The van der Waals surface area contributed by atoms with Gasteiger partial charge in [-0.3, -0.25) is 33.8 Å². The number of fused-ring (bicyclic) bond motifs is 3. The summed E-state index contributed by atoms with van der Waals surface area (Å²) in [5.41, 5.74) is 14.9. The summed E-state index contributed by atoms with van der Waals surface area (Å²) < 4.78 is 0. The average Bonchev–Trinajstić information content (AvgIpc) is 4.06. The number of aliphatic imine (C=N–C) groups is 1. The molecule has 0 aliphatic carbocycles. The van der Waals surface area contributed by atoms with Crippen LogP contribution in [0.15, 0.2) is 90.2 Å². The van der Waals surface area contributed by atoms with Gasteiger partial charge in [-0.25, -0.2) is 0 Å². The van der Waals surface area contributed by atoms with E-state index in [0.717, 1.165) is 32.9 Å². The van der Waals surface area contributed by atoms with E-state index < -0.39 is 71.7 Å². The first kappa shape index (κ1) is 46.6. The first-order chi connectivity index (χ1) is 31.7. The van der Waals surface area contributed by atoms with E-state index in [1.54, 1.807) is 24.5 Å². The lowest BCUT2D eigenvalue weighted by Gasteiger charge is -2.32. The number of amides is 6. The van der Waals surface area contributed by atoms with Crippen molar-refractivity contribution < 1.29 is 33.9 Å². The van der Waals surface area contributed by atoms with Crippen LogP contribution in [-0.4, -0.2) is 111 Å². The molecule has 6 amide bonds. The van der Waals surface area contributed by atoms with E-state index in [4.69, 9.17) is 11.5 Å². The molecule has 5 aromatic rings. The summed E-state index contributed by atoms with van der Waals surface area (Å²) in [4.78, 5) is 99.6. The van der Waals surface area contributed by atoms with Crippen LogP contribution in [0.4, 0.5) is 0 Å². The number of aromatic hydroxyl groups is 1. The van der Waals surface area contributed by atoms with Crippen molar-refractivity contribution in [1.82, 2.24) is 41.5 Å². The molecular formula is C48H59N11O7. The standard InChI is InChI=1S/C48H59N11O7/c1-27(2)21-37-43(62)54-36(13-7-19-51-48(49)50)42(61)58-40(24-30-26-53-35-12-6-4-10-33(30)35)47(66)59-20-8-14-41(59)46(65)57-38(22-28-15-17-31(60)18-16-28)44(63)56-39(45(64)55-37)23-29-25-52-34-11-5-3-9-32(29)34/h3-6,9-12,15-18,25-27,36-41,52-53,60H,7-8,13-14,19-24H2,1-2H3,(H,54,62)(H,55,64)(H,56,63)(H,57,65)(H,58,61)(H4,49,50,51)/t36-,37-,38-,39+,40-,41-/m0/s1. The highest BCUT2D eigenvalue weighted by Crippen LogP contribution is 2.25. The number of phenolic OH excluding ortho intramolecular Hbond substituents is 1. The van der Waals surface area contributed by atoms with Gasteiger partial charge in [-0.05, 0) is 79.0 Å². The van der Waals surface area contributed by atoms with Gasteiger partial charge in [0.15, 0.2) is 5.96 Å². The minimum absolute atomic E-state index is 0.00995. The fraction of sp³-hybridized carbons (Fsp3) is 0.396. The van der Waals surface area contributed by atoms with Crippen LogP contribution >= 0.6 is 0 Å². The van der Waals surface area contributed by atoms with Crippen LogP contribution in [0.25, 0.3) is 21.8 Å². The number of para-hydroxylation sites is 2. The molecule has 2 saturated heterocycles. The Kier molecular flexibility index (Phi) is 14.9. The number of guanidine groups is 1. The largest absolute Gasteiger partial charge is 0.508 e. The molecule has 6 atom stereocenters. The molecule has 18 heteroatoms. The Balaban J connectivity index is 1.28. The molecule has 66 heavy (non-hydrogen) atoms. The maximum Gasteiger partial charge on any atom is 0.246 e. The third-order valence-electron chi connectivity index (χ3n) is 12.2. The predicted molar refractivity (Wildman–Crippen MR) is 250 cm³/mol. The summed E-state index contributed by atoms with van der Waals surface area (Å²) in [6.45, 7) is 4.13. The van der Waals surface area contributed by atoms with Crippen molar-refractivity contribution in [3.63, 3.8) is 0 Å². The van der Waals surface area contributed by atoms with E-state index in [9.17, 15) is 33.9 Å². The van der Waals surface area contributed by atoms with E-state index in [1.165, 1.54) is 17.0 Å². The number of aromatic amines is 2. The molecule has 348 valence electrons. The number of rotatable bonds is 12. The van der Waals surface area contributed by atoms with Crippen LogP contribution in [0.1, 0.15) is 62.6 Å². The zero-order valence-corrected chi connectivity index (χ0v) is 37.1. The topological polar surface area (TPSA) is 282 Å². The maximum absolute atomic E-state index is 14.9. The number of hydrogen-bond acceptors (Lipinski definition) is 8. The molecule has 7 rings (SSSR count). The van der Waals surface area contributed by atoms with Crippen molar-refractivity contribution in [2.24, 2.45) is 22.4 Å². The molecule has 0 bridgehead atoms. The molecule has 12 N–H and O–H groups in total. The van der Waals surface area contributed by atoms with Crippen molar-refractivity contribution in [2.75, 3.05) is 13.1 Å². The minimum Gasteiger partial charge on any atom is -0.508 e. The molecule has 18 nitrogen and oxygen atoms in total. The fourth-order valence-electron chi connectivity index (χ4n) is 8.86. The molecular weight excluding hydrogens is 843 g/mol. The van der Waals surface area contributed by atoms with Gasteiger partial charge in [0, 0.05) is 66.6 Å². The van der Waals surface area contributed by atoms with Crippen LogP contribution in [0.3, 0.4) is 0 Å². The highest BCUT2D eigenvalue weighted by molar-refractivity contribution is 5.99. The summed E-state index contributed by atoms with van der Waals surface area (Å²) in [5.74, 6) is -3.96. The lowest BCUT2D eigenvalue weighted by molar-refractivity contribution is -0.142. The molecule has 0 radical (unpaired) electrons. The number of phenols is 1. The molecule has 0 unspecified atom stereocenters. The van der Waals surface area contributed by atoms with Gasteiger partial charge in [0.1, 0.15) is 42.0 Å². The predicted octanol–water partition coefficient (Wildman–Crippen LogP) is 1.91. The molecule has 4 heterocycles. The minimum atomic E-state index is -1.24. The molecule has 2 aromatic heterocycles. The molecule has 0 saturated carbocycles. The van der Waals surface area contributed by atoms with Crippen molar-refractivity contribution in [3.05, 3.63) is 102 Å². The van der Waals surface area contributed by atoms with Crippen LogP contribution in [0, 0.1) is 5.92 Å². The molecule has 2 fully saturated rings. The van der Waals surface area contributed by atoms with Gasteiger partial charge in [0.25, 0.3) is 0 Å². The second-order valence-corrected chi connectivity index (χ2v) is 17.6. The van der Waals surface area contributed by atoms with E-state index in [2.05, 4.69) is 41.5 Å². The summed E-state index contributed by atoms with van der Waals surface area (Å²) in [6.07, 6.45) is 4.83. The Bertz CT molecular complexity index is 2580. The zero-order chi connectivity index (χ0) is 46.9. The summed E-state index contributed by atoms with van der Waals surface area (Å²) in [6, 6.07) is 14.2. The number of hydrogen-bond donors (Lipinski definition) is 10. The van der Waals surface area contributed by atoms with Gasteiger partial charge >= 0.3 is 0 Å². The van der Waals surface area contributed by atoms with Crippen molar-refractivity contribution in [3.8, 4) is 5.75 Å². The Hall–Kier alpha value is -7.37. The second kappa shape index (κ2) is 21.1. The second-order valence-electron chi connectivity index (χ2n) is 17.6. The maximum atomic E-state index is 14.9. The Morgan fingerprint density at radius 1 is 0.667 bits per heavy atom. The molecule has 2 aliphatic heterocycles. The van der Waals surface area contributed by atoms with Crippen LogP contribution in [0.2, 0.25) is 0 Å². The quantitative estimate of drug-likeness (QED) is 0.0497. The normalized spacial score (nSPS) is 22.5. The monoisotopic (exact) mass is 901 g/mol. The number of nitrogens with two attached hydrogens (primary N) is 2. The number of benzene rings is 3. The lowest BCUT2D eigenvalue weighted by atomic mass is 9.99.